The summed E-state index contributed by atoms with van der Waals surface area (Å²) in [5.74, 6) is -1.70. The molecule has 2 aromatic heterocycles. The molecule has 3 aromatic rings. The first-order chi connectivity index (χ1) is 11.3. The minimum absolute atomic E-state index is 0.235. The van der Waals surface area contributed by atoms with Gasteiger partial charge in [-0.2, -0.15) is 0 Å². The Bertz CT molecular complexity index is 856. The molecule has 23 heavy (non-hydrogen) atoms. The van der Waals surface area contributed by atoms with Crippen LogP contribution in [0.3, 0.4) is 0 Å². The van der Waals surface area contributed by atoms with E-state index in [2.05, 4.69) is 14.9 Å². The highest BCUT2D eigenvalue weighted by Gasteiger charge is 2.20. The van der Waals surface area contributed by atoms with Crippen LogP contribution in [0.15, 0.2) is 36.7 Å². The third kappa shape index (κ3) is 2.35. The maximum absolute atomic E-state index is 14.2. The molecule has 4 rings (SSSR count). The van der Waals surface area contributed by atoms with Crippen molar-refractivity contribution in [3.8, 4) is 11.1 Å². The Hall–Kier alpha value is -2.47. The van der Waals surface area contributed by atoms with Gasteiger partial charge in [0.2, 0.25) is 0 Å². The molecular formula is C17H15F2N3O. The number of aromatic nitrogens is 2. The van der Waals surface area contributed by atoms with E-state index in [-0.39, 0.29) is 5.56 Å². The van der Waals surface area contributed by atoms with E-state index in [1.165, 1.54) is 6.07 Å². The summed E-state index contributed by atoms with van der Waals surface area (Å²) in [6.45, 7) is 2.82. The van der Waals surface area contributed by atoms with Gasteiger partial charge >= 0.3 is 0 Å². The molecule has 3 heterocycles. The zero-order valence-electron chi connectivity index (χ0n) is 12.4. The Morgan fingerprint density at radius 3 is 2.74 bits per heavy atom. The number of anilines is 1. The van der Waals surface area contributed by atoms with Gasteiger partial charge in [-0.15, -0.1) is 0 Å². The number of hydrogen-bond acceptors (Lipinski definition) is 3. The molecule has 0 bridgehead atoms. The molecule has 0 spiro atoms. The summed E-state index contributed by atoms with van der Waals surface area (Å²) in [6, 6.07) is 6.12. The highest BCUT2D eigenvalue weighted by molar-refractivity contribution is 6.02. The smallest absolute Gasteiger partial charge is 0.166 e. The maximum Gasteiger partial charge on any atom is 0.166 e. The quantitative estimate of drug-likeness (QED) is 0.788. The van der Waals surface area contributed by atoms with Crippen LogP contribution < -0.4 is 4.90 Å². The SMILES string of the molecule is Fc1cccc(-c2c[nH]c3nccc(N4CCOCC4)c23)c1F. The van der Waals surface area contributed by atoms with Gasteiger partial charge < -0.3 is 14.6 Å². The molecule has 0 atom stereocenters. The number of aromatic amines is 1. The third-order valence-corrected chi connectivity index (χ3v) is 4.15. The van der Waals surface area contributed by atoms with Crippen molar-refractivity contribution in [2.24, 2.45) is 0 Å². The Labute approximate surface area is 131 Å². The van der Waals surface area contributed by atoms with E-state index in [1.54, 1.807) is 18.5 Å². The van der Waals surface area contributed by atoms with Crippen molar-refractivity contribution >= 4 is 16.7 Å². The fourth-order valence-electron chi connectivity index (χ4n) is 3.03. The van der Waals surface area contributed by atoms with Gasteiger partial charge in [0.25, 0.3) is 0 Å². The lowest BCUT2D eigenvalue weighted by Crippen LogP contribution is -2.36. The molecule has 1 aromatic carbocycles. The van der Waals surface area contributed by atoms with Crippen LogP contribution in [-0.4, -0.2) is 36.3 Å². The van der Waals surface area contributed by atoms with E-state index in [9.17, 15) is 8.78 Å². The van der Waals surface area contributed by atoms with Crippen LogP contribution in [0.25, 0.3) is 22.2 Å². The predicted molar refractivity (Wildman–Crippen MR) is 84.5 cm³/mol. The standard InChI is InChI=1S/C17H15F2N3O/c18-13-3-1-2-11(16(13)19)12-10-21-17-15(12)14(4-5-20-17)22-6-8-23-9-7-22/h1-5,10H,6-9H2,(H,20,21). The van der Waals surface area contributed by atoms with E-state index < -0.39 is 11.6 Å². The van der Waals surface area contributed by atoms with E-state index in [1.807, 2.05) is 6.07 Å². The number of hydrogen-bond donors (Lipinski definition) is 1. The van der Waals surface area contributed by atoms with E-state index in [0.717, 1.165) is 30.2 Å². The molecule has 0 amide bonds. The molecule has 4 nitrogen and oxygen atoms in total. The van der Waals surface area contributed by atoms with Gasteiger partial charge in [0.05, 0.1) is 18.9 Å². The van der Waals surface area contributed by atoms with Crippen molar-refractivity contribution in [3.63, 3.8) is 0 Å². The summed E-state index contributed by atoms with van der Waals surface area (Å²) in [6.07, 6.45) is 3.40. The number of H-pyrrole nitrogens is 1. The van der Waals surface area contributed by atoms with Gasteiger partial charge in [-0.25, -0.2) is 13.8 Å². The molecule has 1 saturated heterocycles. The number of halogens is 2. The second-order valence-corrected chi connectivity index (χ2v) is 5.46. The zero-order chi connectivity index (χ0) is 15.8. The Morgan fingerprint density at radius 1 is 1.09 bits per heavy atom. The number of benzene rings is 1. The van der Waals surface area contributed by atoms with Crippen LogP contribution in [0.1, 0.15) is 0 Å². The van der Waals surface area contributed by atoms with E-state index >= 15 is 0 Å². The van der Waals surface area contributed by atoms with Crippen molar-refractivity contribution < 1.29 is 13.5 Å². The molecule has 1 aliphatic rings. The molecule has 1 N–H and O–H groups in total. The number of nitrogens with zero attached hydrogens (tertiary/aromatic N) is 2. The summed E-state index contributed by atoms with van der Waals surface area (Å²) >= 11 is 0. The normalized spacial score (nSPS) is 15.3. The molecule has 1 fully saturated rings. The van der Waals surface area contributed by atoms with Crippen molar-refractivity contribution in [3.05, 3.63) is 48.3 Å². The zero-order valence-corrected chi connectivity index (χ0v) is 12.4. The fourth-order valence-corrected chi connectivity index (χ4v) is 3.03. The first kappa shape index (κ1) is 14.1. The average molecular weight is 315 g/mol. The Kier molecular flexibility index (Phi) is 3.46. The Morgan fingerprint density at radius 2 is 1.91 bits per heavy atom. The largest absolute Gasteiger partial charge is 0.378 e. The molecule has 6 heteroatoms. The number of morpholine rings is 1. The molecule has 0 radical (unpaired) electrons. The summed E-state index contributed by atoms with van der Waals surface area (Å²) in [5, 5.41) is 0.805. The highest BCUT2D eigenvalue weighted by atomic mass is 19.2. The van der Waals surface area contributed by atoms with Crippen LogP contribution in [0, 0.1) is 11.6 Å². The number of nitrogens with one attached hydrogen (secondary N) is 1. The minimum atomic E-state index is -0.853. The van der Waals surface area contributed by atoms with Crippen LogP contribution in [0.4, 0.5) is 14.5 Å². The number of rotatable bonds is 2. The van der Waals surface area contributed by atoms with E-state index in [0.29, 0.717) is 24.4 Å². The minimum Gasteiger partial charge on any atom is -0.378 e. The van der Waals surface area contributed by atoms with Gasteiger partial charge in [0.1, 0.15) is 5.65 Å². The van der Waals surface area contributed by atoms with Crippen molar-refractivity contribution in [1.29, 1.82) is 0 Å². The first-order valence-corrected chi connectivity index (χ1v) is 7.49. The van der Waals surface area contributed by atoms with Crippen LogP contribution in [0.2, 0.25) is 0 Å². The second-order valence-electron chi connectivity index (χ2n) is 5.46. The predicted octanol–water partition coefficient (Wildman–Crippen LogP) is 3.34. The molecule has 0 unspecified atom stereocenters. The van der Waals surface area contributed by atoms with Gasteiger partial charge in [-0.05, 0) is 12.1 Å². The Balaban J connectivity index is 1.92. The molecule has 1 aliphatic heterocycles. The third-order valence-electron chi connectivity index (χ3n) is 4.15. The monoisotopic (exact) mass is 315 g/mol. The lowest BCUT2D eigenvalue weighted by atomic mass is 10.0. The van der Waals surface area contributed by atoms with Crippen molar-refractivity contribution in [1.82, 2.24) is 9.97 Å². The van der Waals surface area contributed by atoms with Crippen molar-refractivity contribution in [2.45, 2.75) is 0 Å². The van der Waals surface area contributed by atoms with Crippen molar-refractivity contribution in [2.75, 3.05) is 31.2 Å². The lowest BCUT2D eigenvalue weighted by Gasteiger charge is -2.29. The van der Waals surface area contributed by atoms with Gasteiger partial charge in [0, 0.05) is 42.0 Å². The summed E-state index contributed by atoms with van der Waals surface area (Å²) in [7, 11) is 0. The summed E-state index contributed by atoms with van der Waals surface area (Å²) in [4.78, 5) is 9.54. The van der Waals surface area contributed by atoms with Crippen LogP contribution in [0.5, 0.6) is 0 Å². The number of fused-ring (bicyclic) bond motifs is 1. The van der Waals surface area contributed by atoms with Crippen LogP contribution in [-0.2, 0) is 4.74 Å². The molecule has 0 saturated carbocycles. The van der Waals surface area contributed by atoms with Gasteiger partial charge in [-0.1, -0.05) is 12.1 Å². The number of pyridine rings is 1. The van der Waals surface area contributed by atoms with Gasteiger partial charge in [0.15, 0.2) is 11.6 Å². The van der Waals surface area contributed by atoms with Gasteiger partial charge in [-0.3, -0.25) is 0 Å². The first-order valence-electron chi connectivity index (χ1n) is 7.49. The topological polar surface area (TPSA) is 41.2 Å². The fraction of sp³-hybridized carbons (Fsp3) is 0.235. The maximum atomic E-state index is 14.2. The molecule has 118 valence electrons. The highest BCUT2D eigenvalue weighted by Crippen LogP contribution is 2.36. The summed E-state index contributed by atoms with van der Waals surface area (Å²) in [5.41, 5.74) is 2.47. The summed E-state index contributed by atoms with van der Waals surface area (Å²) < 4.78 is 33.2. The second kappa shape index (κ2) is 5.62. The average Bonchev–Trinajstić information content (AvgIpc) is 3.02. The van der Waals surface area contributed by atoms with Crippen LogP contribution >= 0.6 is 0 Å². The lowest BCUT2D eigenvalue weighted by molar-refractivity contribution is 0.123. The van der Waals surface area contributed by atoms with E-state index in [4.69, 9.17) is 4.74 Å². The molecule has 0 aliphatic carbocycles. The number of ether oxygens (including phenoxy) is 1. The molecular weight excluding hydrogens is 300 g/mol.